The third-order valence-electron chi connectivity index (χ3n) is 3.38. The molecule has 1 saturated carbocycles. The van der Waals surface area contributed by atoms with Gasteiger partial charge in [0.05, 0.1) is 0 Å². The molecule has 0 radical (unpaired) electrons. The van der Waals surface area contributed by atoms with Crippen LogP contribution >= 0.6 is 0 Å². The smallest absolute Gasteiger partial charge is 0.244 e. The van der Waals surface area contributed by atoms with E-state index in [1.165, 1.54) is 6.92 Å². The van der Waals surface area contributed by atoms with Crippen LogP contribution in [0.3, 0.4) is 0 Å². The van der Waals surface area contributed by atoms with E-state index in [1.54, 1.807) is 4.90 Å². The fourth-order valence-corrected chi connectivity index (χ4v) is 2.18. The van der Waals surface area contributed by atoms with Crippen molar-refractivity contribution in [1.29, 1.82) is 0 Å². The second-order valence-electron chi connectivity index (χ2n) is 4.94. The van der Waals surface area contributed by atoms with Gasteiger partial charge in [0, 0.05) is 18.7 Å². The second kappa shape index (κ2) is 5.87. The molecular weight excluding hydrogens is 240 g/mol. The van der Waals surface area contributed by atoms with Gasteiger partial charge in [-0.1, -0.05) is 25.1 Å². The Hall–Kier alpha value is -1.84. The van der Waals surface area contributed by atoms with Crippen LogP contribution in [0.5, 0.6) is 0 Å². The first-order chi connectivity index (χ1) is 9.11. The highest BCUT2D eigenvalue weighted by Crippen LogP contribution is 2.26. The molecule has 0 aliphatic heterocycles. The Balaban J connectivity index is 1.98. The summed E-state index contributed by atoms with van der Waals surface area (Å²) in [5.74, 6) is -0.149. The van der Waals surface area contributed by atoms with Gasteiger partial charge in [-0.3, -0.25) is 9.59 Å². The van der Waals surface area contributed by atoms with E-state index in [4.69, 9.17) is 0 Å². The summed E-state index contributed by atoms with van der Waals surface area (Å²) < 4.78 is 0. The first-order valence-corrected chi connectivity index (χ1v) is 6.76. The minimum atomic E-state index is -0.122. The van der Waals surface area contributed by atoms with Crippen LogP contribution in [0.25, 0.3) is 0 Å². The third kappa shape index (κ3) is 3.56. The highest BCUT2D eigenvalue weighted by Gasteiger charge is 2.32. The Morgan fingerprint density at radius 1 is 1.32 bits per heavy atom. The summed E-state index contributed by atoms with van der Waals surface area (Å²) in [4.78, 5) is 25.2. The summed E-state index contributed by atoms with van der Waals surface area (Å²) in [6.45, 7) is 3.72. The molecule has 2 rings (SSSR count). The molecule has 1 aliphatic rings. The van der Waals surface area contributed by atoms with Crippen molar-refractivity contribution in [2.24, 2.45) is 0 Å². The van der Waals surface area contributed by atoms with Crippen molar-refractivity contribution in [2.75, 3.05) is 11.9 Å². The lowest BCUT2D eigenvalue weighted by atomic mass is 10.1. The second-order valence-corrected chi connectivity index (χ2v) is 4.94. The van der Waals surface area contributed by atoms with Crippen LogP contribution < -0.4 is 5.32 Å². The molecule has 1 aliphatic carbocycles. The summed E-state index contributed by atoms with van der Waals surface area (Å²) in [7, 11) is 0. The molecule has 4 heteroatoms. The highest BCUT2D eigenvalue weighted by atomic mass is 16.2. The maximum Gasteiger partial charge on any atom is 0.244 e. The third-order valence-corrected chi connectivity index (χ3v) is 3.38. The Kier molecular flexibility index (Phi) is 4.20. The molecule has 0 heterocycles. The zero-order chi connectivity index (χ0) is 13.8. The van der Waals surface area contributed by atoms with Crippen LogP contribution in [-0.4, -0.2) is 29.3 Å². The first-order valence-electron chi connectivity index (χ1n) is 6.76. The number of nitrogens with one attached hydrogen (secondary N) is 1. The van der Waals surface area contributed by atoms with Crippen LogP contribution in [0.4, 0.5) is 5.69 Å². The maximum absolute atomic E-state index is 12.0. The van der Waals surface area contributed by atoms with Crippen molar-refractivity contribution in [3.05, 3.63) is 29.8 Å². The Labute approximate surface area is 113 Å². The van der Waals surface area contributed by atoms with E-state index in [9.17, 15) is 9.59 Å². The van der Waals surface area contributed by atoms with Gasteiger partial charge < -0.3 is 10.2 Å². The molecule has 0 spiro atoms. The zero-order valence-corrected chi connectivity index (χ0v) is 11.5. The number of carbonyl (C=O) groups excluding carboxylic acids is 2. The van der Waals surface area contributed by atoms with Crippen LogP contribution in [-0.2, 0) is 16.0 Å². The molecule has 1 N–H and O–H groups in total. The Morgan fingerprint density at radius 2 is 2.00 bits per heavy atom. The lowest BCUT2D eigenvalue weighted by molar-refractivity contribution is -0.133. The Bertz CT molecular complexity index is 481. The predicted octanol–water partition coefficient (Wildman–Crippen LogP) is 2.20. The van der Waals surface area contributed by atoms with E-state index in [0.29, 0.717) is 0 Å². The predicted molar refractivity (Wildman–Crippen MR) is 74.9 cm³/mol. The van der Waals surface area contributed by atoms with Crippen molar-refractivity contribution in [2.45, 2.75) is 39.2 Å². The number of aryl methyl sites for hydroxylation is 1. The van der Waals surface area contributed by atoms with Crippen LogP contribution in [0.15, 0.2) is 24.3 Å². The number of hydrogen-bond acceptors (Lipinski definition) is 2. The molecule has 102 valence electrons. The maximum atomic E-state index is 12.0. The van der Waals surface area contributed by atoms with E-state index in [2.05, 4.69) is 12.2 Å². The van der Waals surface area contributed by atoms with E-state index >= 15 is 0 Å². The SMILES string of the molecule is CCc1ccccc1NC(=O)CN(C(C)=O)C1CC1. The molecule has 0 atom stereocenters. The van der Waals surface area contributed by atoms with Gasteiger partial charge in [-0.15, -0.1) is 0 Å². The minimum absolute atomic E-state index is 0.0265. The number of rotatable bonds is 5. The summed E-state index contributed by atoms with van der Waals surface area (Å²) in [6.07, 6.45) is 2.90. The molecule has 0 unspecified atom stereocenters. The number of carbonyl (C=O) groups is 2. The van der Waals surface area contributed by atoms with Gasteiger partial charge in [0.25, 0.3) is 0 Å². The fraction of sp³-hybridized carbons (Fsp3) is 0.467. The van der Waals surface area contributed by atoms with E-state index in [1.807, 2.05) is 24.3 Å². The molecule has 0 aromatic heterocycles. The molecule has 4 nitrogen and oxygen atoms in total. The lowest BCUT2D eigenvalue weighted by Crippen LogP contribution is -2.38. The van der Waals surface area contributed by atoms with E-state index < -0.39 is 0 Å². The molecule has 0 bridgehead atoms. The van der Waals surface area contributed by atoms with Gasteiger partial charge in [0.1, 0.15) is 6.54 Å². The highest BCUT2D eigenvalue weighted by molar-refractivity contribution is 5.95. The lowest BCUT2D eigenvalue weighted by Gasteiger charge is -2.20. The number of benzene rings is 1. The number of nitrogens with zero attached hydrogens (tertiary/aromatic N) is 1. The van der Waals surface area contributed by atoms with Crippen molar-refractivity contribution < 1.29 is 9.59 Å². The van der Waals surface area contributed by atoms with Crippen molar-refractivity contribution in [3.8, 4) is 0 Å². The molecular formula is C15H20N2O2. The number of anilines is 1. The van der Waals surface area contributed by atoms with Crippen LogP contribution in [0, 0.1) is 0 Å². The molecule has 1 fully saturated rings. The molecule has 0 saturated heterocycles. The number of para-hydroxylation sites is 1. The summed E-state index contributed by atoms with van der Waals surface area (Å²) in [6, 6.07) is 8.02. The monoisotopic (exact) mass is 260 g/mol. The average molecular weight is 260 g/mol. The Morgan fingerprint density at radius 3 is 2.58 bits per heavy atom. The van der Waals surface area contributed by atoms with Crippen molar-refractivity contribution >= 4 is 17.5 Å². The zero-order valence-electron chi connectivity index (χ0n) is 11.5. The molecule has 1 aromatic carbocycles. The fourth-order valence-electron chi connectivity index (χ4n) is 2.18. The minimum Gasteiger partial charge on any atom is -0.331 e. The van der Waals surface area contributed by atoms with Gasteiger partial charge in [0.2, 0.25) is 11.8 Å². The molecule has 2 amide bonds. The topological polar surface area (TPSA) is 49.4 Å². The van der Waals surface area contributed by atoms with Gasteiger partial charge >= 0.3 is 0 Å². The van der Waals surface area contributed by atoms with Gasteiger partial charge in [0.15, 0.2) is 0 Å². The summed E-state index contributed by atoms with van der Waals surface area (Å²) in [5, 5.41) is 2.90. The number of amides is 2. The van der Waals surface area contributed by atoms with Gasteiger partial charge in [-0.2, -0.15) is 0 Å². The van der Waals surface area contributed by atoms with Crippen LogP contribution in [0.2, 0.25) is 0 Å². The van der Waals surface area contributed by atoms with Crippen LogP contribution in [0.1, 0.15) is 32.3 Å². The first kappa shape index (κ1) is 13.6. The van der Waals surface area contributed by atoms with Crippen molar-refractivity contribution in [1.82, 2.24) is 4.90 Å². The summed E-state index contributed by atoms with van der Waals surface area (Å²) in [5.41, 5.74) is 1.95. The van der Waals surface area contributed by atoms with Crippen molar-refractivity contribution in [3.63, 3.8) is 0 Å². The average Bonchev–Trinajstić information content (AvgIpc) is 3.20. The quantitative estimate of drug-likeness (QED) is 0.882. The normalized spacial score (nSPS) is 14.0. The van der Waals surface area contributed by atoms with E-state index in [-0.39, 0.29) is 24.4 Å². The van der Waals surface area contributed by atoms with Gasteiger partial charge in [-0.05, 0) is 30.9 Å². The largest absolute Gasteiger partial charge is 0.331 e. The van der Waals surface area contributed by atoms with E-state index in [0.717, 1.165) is 30.5 Å². The summed E-state index contributed by atoms with van der Waals surface area (Å²) >= 11 is 0. The number of hydrogen-bond donors (Lipinski definition) is 1. The van der Waals surface area contributed by atoms with Gasteiger partial charge in [-0.25, -0.2) is 0 Å². The molecule has 19 heavy (non-hydrogen) atoms. The standard InChI is InChI=1S/C15H20N2O2/c1-3-12-6-4-5-7-14(12)16-15(19)10-17(11(2)18)13-8-9-13/h4-7,13H,3,8-10H2,1-2H3,(H,16,19). The molecule has 1 aromatic rings.